The molecule has 8 heteroatoms. The van der Waals surface area contributed by atoms with Crippen molar-refractivity contribution in [2.24, 2.45) is 5.73 Å². The fraction of sp³-hybridized carbons (Fsp3) is 0.450. The van der Waals surface area contributed by atoms with Crippen LogP contribution >= 0.6 is 11.8 Å². The Morgan fingerprint density at radius 3 is 2.50 bits per heavy atom. The van der Waals surface area contributed by atoms with E-state index in [0.717, 1.165) is 42.2 Å². The van der Waals surface area contributed by atoms with Gasteiger partial charge in [0.2, 0.25) is 17.0 Å². The largest absolute Gasteiger partial charge is 0.372 e. The molecule has 1 aliphatic rings. The van der Waals surface area contributed by atoms with Gasteiger partial charge in [0.05, 0.1) is 5.57 Å². The highest BCUT2D eigenvalue weighted by Gasteiger charge is 2.33. The van der Waals surface area contributed by atoms with E-state index in [0.29, 0.717) is 16.7 Å². The van der Waals surface area contributed by atoms with E-state index in [1.54, 1.807) is 16.4 Å². The lowest BCUT2D eigenvalue weighted by molar-refractivity contribution is -0.115. The molecule has 7 nitrogen and oxygen atoms in total. The maximum absolute atomic E-state index is 12.3. The van der Waals surface area contributed by atoms with Crippen LogP contribution in [-0.4, -0.2) is 39.5 Å². The lowest BCUT2D eigenvalue weighted by Crippen LogP contribution is -2.32. The van der Waals surface area contributed by atoms with Crippen molar-refractivity contribution in [2.45, 2.75) is 45.3 Å². The molecule has 28 heavy (non-hydrogen) atoms. The van der Waals surface area contributed by atoms with Crippen LogP contribution in [0, 0.1) is 0 Å². The molecule has 3 rings (SSSR count). The Hall–Kier alpha value is -2.48. The zero-order valence-corrected chi connectivity index (χ0v) is 17.7. The van der Waals surface area contributed by atoms with Crippen molar-refractivity contribution in [3.05, 3.63) is 41.1 Å². The third kappa shape index (κ3) is 3.87. The summed E-state index contributed by atoms with van der Waals surface area (Å²) in [6, 6.07) is 7.88. The van der Waals surface area contributed by atoms with E-state index >= 15 is 0 Å². The standard InChI is InChI=1S/C20H28N6OS/c1-5-12-28-20-23-19-22-13(4)16(18(21)27)17(26(19)24-20)14-8-10-15(11-9-14)25(6-2)7-3/h8-11,17H,5-7,12H2,1-4H3,(H2,21,27)(H,22,23,24). The number of nitrogens with one attached hydrogen (secondary N) is 1. The molecule has 150 valence electrons. The first-order chi connectivity index (χ1) is 13.5. The first kappa shape index (κ1) is 20.3. The molecule has 0 saturated heterocycles. The van der Waals surface area contributed by atoms with Crippen molar-refractivity contribution in [1.82, 2.24) is 14.8 Å². The maximum atomic E-state index is 12.3. The highest BCUT2D eigenvalue weighted by molar-refractivity contribution is 7.99. The zero-order chi connectivity index (χ0) is 20.3. The second kappa shape index (κ2) is 8.68. The van der Waals surface area contributed by atoms with Crippen LogP contribution in [-0.2, 0) is 4.79 Å². The number of benzene rings is 1. The van der Waals surface area contributed by atoms with Gasteiger partial charge in [-0.25, -0.2) is 4.68 Å². The predicted octanol–water partition coefficient (Wildman–Crippen LogP) is 3.40. The summed E-state index contributed by atoms with van der Waals surface area (Å²) < 4.78 is 1.78. The Morgan fingerprint density at radius 1 is 1.25 bits per heavy atom. The van der Waals surface area contributed by atoms with Crippen LogP contribution in [0.15, 0.2) is 40.7 Å². The monoisotopic (exact) mass is 400 g/mol. The van der Waals surface area contributed by atoms with E-state index in [-0.39, 0.29) is 6.04 Å². The molecule has 0 saturated carbocycles. The molecule has 0 aliphatic carbocycles. The minimum absolute atomic E-state index is 0.386. The zero-order valence-electron chi connectivity index (χ0n) is 16.9. The summed E-state index contributed by atoms with van der Waals surface area (Å²) in [5, 5.41) is 8.54. The van der Waals surface area contributed by atoms with Gasteiger partial charge in [-0.15, -0.1) is 5.10 Å². The van der Waals surface area contributed by atoms with Gasteiger partial charge in [0.25, 0.3) is 0 Å². The molecular weight excluding hydrogens is 372 g/mol. The summed E-state index contributed by atoms with van der Waals surface area (Å²) in [5.74, 6) is 1.13. The van der Waals surface area contributed by atoms with Gasteiger partial charge in [0.15, 0.2) is 0 Å². The van der Waals surface area contributed by atoms with E-state index in [1.165, 1.54) is 0 Å². The van der Waals surface area contributed by atoms with Gasteiger partial charge in [0, 0.05) is 30.2 Å². The minimum atomic E-state index is -0.452. The van der Waals surface area contributed by atoms with Gasteiger partial charge < -0.3 is 16.0 Å². The summed E-state index contributed by atoms with van der Waals surface area (Å²) in [5.41, 5.74) is 9.09. The van der Waals surface area contributed by atoms with Crippen LogP contribution in [0.1, 0.15) is 45.7 Å². The number of nitrogens with two attached hydrogens (primary N) is 1. The van der Waals surface area contributed by atoms with Crippen LogP contribution in [0.5, 0.6) is 0 Å². The number of rotatable bonds is 8. The molecule has 0 spiro atoms. The van der Waals surface area contributed by atoms with E-state index in [2.05, 4.69) is 53.2 Å². The Morgan fingerprint density at radius 2 is 1.93 bits per heavy atom. The van der Waals surface area contributed by atoms with Gasteiger partial charge >= 0.3 is 0 Å². The Kier molecular flexibility index (Phi) is 6.28. The van der Waals surface area contributed by atoms with E-state index < -0.39 is 5.91 Å². The number of aromatic nitrogens is 3. The lowest BCUT2D eigenvalue weighted by atomic mass is 9.95. The van der Waals surface area contributed by atoms with Crippen LogP contribution in [0.3, 0.4) is 0 Å². The van der Waals surface area contributed by atoms with Crippen molar-refractivity contribution in [1.29, 1.82) is 0 Å². The van der Waals surface area contributed by atoms with Crippen molar-refractivity contribution in [3.8, 4) is 0 Å². The van der Waals surface area contributed by atoms with Crippen molar-refractivity contribution < 1.29 is 4.79 Å². The quantitative estimate of drug-likeness (QED) is 0.660. The average Bonchev–Trinajstić information content (AvgIpc) is 3.09. The normalized spacial score (nSPS) is 15.9. The highest BCUT2D eigenvalue weighted by atomic mass is 32.2. The minimum Gasteiger partial charge on any atom is -0.372 e. The molecule has 0 fully saturated rings. The molecule has 1 atom stereocenters. The average molecular weight is 401 g/mol. The number of allylic oxidation sites excluding steroid dienone is 1. The van der Waals surface area contributed by atoms with E-state index in [4.69, 9.17) is 5.73 Å². The molecule has 1 aliphatic heterocycles. The van der Waals surface area contributed by atoms with Gasteiger partial charge in [-0.2, -0.15) is 4.98 Å². The number of hydrogen-bond acceptors (Lipinski definition) is 6. The number of nitrogens with zero attached hydrogens (tertiary/aromatic N) is 4. The second-order valence-electron chi connectivity index (χ2n) is 6.71. The topological polar surface area (TPSA) is 89.1 Å². The highest BCUT2D eigenvalue weighted by Crippen LogP contribution is 2.36. The molecule has 1 unspecified atom stereocenters. The Labute approximate surface area is 170 Å². The molecule has 2 aromatic rings. The molecule has 1 aromatic heterocycles. The molecule has 1 aromatic carbocycles. The number of amides is 1. The number of thioether (sulfide) groups is 1. The third-order valence-electron chi connectivity index (χ3n) is 4.87. The molecule has 0 radical (unpaired) electrons. The van der Waals surface area contributed by atoms with Crippen LogP contribution in [0.4, 0.5) is 11.6 Å². The molecular formula is C20H28N6OS. The third-order valence-corrected chi connectivity index (χ3v) is 5.91. The smallest absolute Gasteiger partial charge is 0.248 e. The fourth-order valence-corrected chi connectivity index (χ4v) is 4.15. The van der Waals surface area contributed by atoms with Crippen molar-refractivity contribution >= 4 is 29.3 Å². The Balaban J connectivity index is 2.03. The molecule has 0 bridgehead atoms. The first-order valence-corrected chi connectivity index (χ1v) is 10.7. The second-order valence-corrected chi connectivity index (χ2v) is 7.77. The SMILES string of the molecule is CCCSc1nc2n(n1)C(c1ccc(N(CC)CC)cc1)C(C(N)=O)=C(C)N2. The fourth-order valence-electron chi connectivity index (χ4n) is 3.47. The molecule has 1 amide bonds. The molecule has 3 N–H and O–H groups in total. The van der Waals surface area contributed by atoms with Gasteiger partial charge in [0.1, 0.15) is 6.04 Å². The number of carbonyl (C=O) groups is 1. The van der Waals surface area contributed by atoms with Gasteiger partial charge in [-0.3, -0.25) is 4.79 Å². The van der Waals surface area contributed by atoms with Crippen molar-refractivity contribution in [3.63, 3.8) is 0 Å². The van der Waals surface area contributed by atoms with E-state index in [9.17, 15) is 4.79 Å². The summed E-state index contributed by atoms with van der Waals surface area (Å²) in [6.45, 7) is 10.1. The van der Waals surface area contributed by atoms with Crippen LogP contribution in [0.2, 0.25) is 0 Å². The van der Waals surface area contributed by atoms with Gasteiger partial charge in [-0.05, 0) is 44.9 Å². The van der Waals surface area contributed by atoms with Crippen molar-refractivity contribution in [2.75, 3.05) is 29.1 Å². The predicted molar refractivity (Wildman–Crippen MR) is 115 cm³/mol. The van der Waals surface area contributed by atoms with E-state index in [1.807, 2.05) is 19.1 Å². The van der Waals surface area contributed by atoms with Gasteiger partial charge in [-0.1, -0.05) is 30.8 Å². The maximum Gasteiger partial charge on any atom is 0.248 e. The number of fused-ring (bicyclic) bond motifs is 1. The van der Waals surface area contributed by atoms with Crippen LogP contribution in [0.25, 0.3) is 0 Å². The van der Waals surface area contributed by atoms with Crippen LogP contribution < -0.4 is 16.0 Å². The number of anilines is 2. The summed E-state index contributed by atoms with van der Waals surface area (Å²) >= 11 is 1.61. The summed E-state index contributed by atoms with van der Waals surface area (Å²) in [6.07, 6.45) is 1.04. The lowest BCUT2D eigenvalue weighted by Gasteiger charge is -2.28. The number of primary amides is 1. The Bertz CT molecular complexity index is 869. The number of hydrogen-bond donors (Lipinski definition) is 2. The number of carbonyl (C=O) groups excluding carboxylic acids is 1. The summed E-state index contributed by atoms with van der Waals surface area (Å²) in [4.78, 5) is 19.1. The molecule has 2 heterocycles. The summed E-state index contributed by atoms with van der Waals surface area (Å²) in [7, 11) is 0. The first-order valence-electron chi connectivity index (χ1n) is 9.71.